The number of rotatable bonds is 9. The number of ether oxygens (including phenoxy) is 1. The molecule has 6 nitrogen and oxygen atoms in total. The van der Waals surface area contributed by atoms with Gasteiger partial charge in [-0.05, 0) is 55.9 Å². The number of amides is 1. The Bertz CT molecular complexity index is 1080. The van der Waals surface area contributed by atoms with Gasteiger partial charge >= 0.3 is 0 Å². The van der Waals surface area contributed by atoms with Gasteiger partial charge in [-0.3, -0.25) is 9.78 Å². The number of nitrogens with zero attached hydrogens (tertiary/aromatic N) is 3. The molecule has 2 aromatic heterocycles. The van der Waals surface area contributed by atoms with Gasteiger partial charge in [0.2, 0.25) is 5.91 Å². The molecule has 7 heteroatoms. The molecule has 31 heavy (non-hydrogen) atoms. The molecule has 1 amide bonds. The number of carbonyl (C=O) groups is 1. The van der Waals surface area contributed by atoms with E-state index in [1.165, 1.54) is 31.3 Å². The van der Waals surface area contributed by atoms with Crippen LogP contribution < -0.4 is 10.1 Å². The Hall–Kier alpha value is -2.80. The van der Waals surface area contributed by atoms with Crippen molar-refractivity contribution in [3.63, 3.8) is 0 Å². The van der Waals surface area contributed by atoms with E-state index < -0.39 is 0 Å². The van der Waals surface area contributed by atoms with E-state index >= 15 is 0 Å². The molecule has 0 radical (unpaired) electrons. The molecule has 4 rings (SSSR count). The molecular formula is C24H28N4O2S. The number of benzene rings is 1. The smallest absolute Gasteiger partial charge is 0.240 e. The molecule has 0 aliphatic heterocycles. The summed E-state index contributed by atoms with van der Waals surface area (Å²) in [5.41, 5.74) is 4.34. The van der Waals surface area contributed by atoms with Gasteiger partial charge in [0, 0.05) is 18.5 Å². The highest BCUT2D eigenvalue weighted by Gasteiger charge is 2.15. The number of carbonyl (C=O) groups excluding carboxylic acids is 1. The van der Waals surface area contributed by atoms with Gasteiger partial charge in [-0.25, -0.2) is 4.98 Å². The third-order valence-electron chi connectivity index (χ3n) is 5.47. The molecule has 162 valence electrons. The first-order chi connectivity index (χ1) is 15.2. The lowest BCUT2D eigenvalue weighted by Gasteiger charge is -2.13. The highest BCUT2D eigenvalue weighted by atomic mass is 32.2. The summed E-state index contributed by atoms with van der Waals surface area (Å²) in [4.78, 5) is 21.7. The number of allylic oxidation sites excluding steroid dienone is 1. The van der Waals surface area contributed by atoms with E-state index in [2.05, 4.69) is 22.4 Å². The van der Waals surface area contributed by atoms with Crippen molar-refractivity contribution < 1.29 is 9.53 Å². The van der Waals surface area contributed by atoms with Crippen LogP contribution in [0.4, 0.5) is 0 Å². The SMILES string of the molecule is COc1cccc(CSc2nc3ccncc3n2CC(=O)NCCC2=CCCCC2)c1. The first kappa shape index (κ1) is 21.4. The topological polar surface area (TPSA) is 69.0 Å². The zero-order valence-corrected chi connectivity index (χ0v) is 18.7. The van der Waals surface area contributed by atoms with Crippen LogP contribution in [0.5, 0.6) is 5.75 Å². The molecule has 1 aliphatic rings. The normalized spacial score (nSPS) is 13.8. The van der Waals surface area contributed by atoms with Gasteiger partial charge in [-0.1, -0.05) is 35.5 Å². The zero-order valence-electron chi connectivity index (χ0n) is 17.8. The summed E-state index contributed by atoms with van der Waals surface area (Å²) >= 11 is 1.61. The highest BCUT2D eigenvalue weighted by Crippen LogP contribution is 2.27. The number of imidazole rings is 1. The van der Waals surface area contributed by atoms with Gasteiger partial charge < -0.3 is 14.6 Å². The molecule has 0 spiro atoms. The standard InChI is InChI=1S/C24H28N4O2S/c1-30-20-9-5-8-19(14-20)17-31-24-27-21-11-12-25-15-22(21)28(24)16-23(29)26-13-10-18-6-3-2-4-7-18/h5-6,8-9,11-12,14-15H,2-4,7,10,13,16-17H2,1H3,(H,26,29). The van der Waals surface area contributed by atoms with Crippen molar-refractivity contribution in [2.75, 3.05) is 13.7 Å². The molecule has 0 unspecified atom stereocenters. The predicted octanol–water partition coefficient (Wildman–Crippen LogP) is 4.74. The van der Waals surface area contributed by atoms with Crippen molar-refractivity contribution in [2.24, 2.45) is 0 Å². The number of methoxy groups -OCH3 is 1. The number of hydrogen-bond acceptors (Lipinski definition) is 5. The minimum absolute atomic E-state index is 0.00259. The van der Waals surface area contributed by atoms with Crippen LogP contribution in [0.15, 0.2) is 59.5 Å². The Morgan fingerprint density at radius 1 is 1.29 bits per heavy atom. The number of pyridine rings is 1. The fourth-order valence-corrected chi connectivity index (χ4v) is 4.77. The zero-order chi connectivity index (χ0) is 21.5. The van der Waals surface area contributed by atoms with Crippen molar-refractivity contribution in [1.29, 1.82) is 0 Å². The average molecular weight is 437 g/mol. The number of fused-ring (bicyclic) bond motifs is 1. The minimum atomic E-state index is 0.00259. The number of nitrogens with one attached hydrogen (secondary N) is 1. The second kappa shape index (κ2) is 10.5. The highest BCUT2D eigenvalue weighted by molar-refractivity contribution is 7.98. The lowest BCUT2D eigenvalue weighted by atomic mass is 9.97. The Morgan fingerprint density at radius 3 is 3.06 bits per heavy atom. The maximum absolute atomic E-state index is 12.7. The monoisotopic (exact) mass is 436 g/mol. The Kier molecular flexibility index (Phi) is 7.25. The molecule has 0 atom stereocenters. The van der Waals surface area contributed by atoms with Crippen molar-refractivity contribution in [3.8, 4) is 5.75 Å². The van der Waals surface area contributed by atoms with Gasteiger partial charge in [-0.15, -0.1) is 0 Å². The second-order valence-electron chi connectivity index (χ2n) is 7.69. The van der Waals surface area contributed by atoms with Crippen LogP contribution in [0.1, 0.15) is 37.7 Å². The van der Waals surface area contributed by atoms with Crippen molar-refractivity contribution in [3.05, 3.63) is 59.9 Å². The van der Waals surface area contributed by atoms with Crippen LogP contribution in [0.2, 0.25) is 0 Å². The molecule has 0 fully saturated rings. The molecule has 1 N–H and O–H groups in total. The maximum atomic E-state index is 12.7. The van der Waals surface area contributed by atoms with Gasteiger partial charge in [0.1, 0.15) is 12.3 Å². The van der Waals surface area contributed by atoms with Gasteiger partial charge in [0.05, 0.1) is 24.3 Å². The fourth-order valence-electron chi connectivity index (χ4n) is 3.81. The van der Waals surface area contributed by atoms with Crippen molar-refractivity contribution in [2.45, 2.75) is 49.6 Å². The molecule has 0 saturated carbocycles. The third kappa shape index (κ3) is 5.67. The van der Waals surface area contributed by atoms with Gasteiger partial charge in [-0.2, -0.15) is 0 Å². The molecule has 0 bridgehead atoms. The summed E-state index contributed by atoms with van der Waals surface area (Å²) in [6, 6.07) is 9.89. The Morgan fingerprint density at radius 2 is 2.23 bits per heavy atom. The Balaban J connectivity index is 1.43. The lowest BCUT2D eigenvalue weighted by molar-refractivity contribution is -0.121. The van der Waals surface area contributed by atoms with Crippen LogP contribution in [0.25, 0.3) is 11.0 Å². The summed E-state index contributed by atoms with van der Waals surface area (Å²) < 4.78 is 7.28. The summed E-state index contributed by atoms with van der Waals surface area (Å²) in [5, 5.41) is 3.89. The van der Waals surface area contributed by atoms with Crippen molar-refractivity contribution >= 4 is 28.7 Å². The van der Waals surface area contributed by atoms with E-state index in [9.17, 15) is 4.79 Å². The molecule has 3 aromatic rings. The van der Waals surface area contributed by atoms with Crippen LogP contribution in [0, 0.1) is 0 Å². The third-order valence-corrected chi connectivity index (χ3v) is 6.52. The van der Waals surface area contributed by atoms with Crippen LogP contribution in [0.3, 0.4) is 0 Å². The Labute approximate surface area is 187 Å². The van der Waals surface area contributed by atoms with Crippen LogP contribution >= 0.6 is 11.8 Å². The van der Waals surface area contributed by atoms with Crippen molar-refractivity contribution in [1.82, 2.24) is 19.9 Å². The van der Waals surface area contributed by atoms with Gasteiger partial charge in [0.15, 0.2) is 5.16 Å². The molecule has 0 saturated heterocycles. The summed E-state index contributed by atoms with van der Waals surface area (Å²) in [6.45, 7) is 0.920. The quantitative estimate of drug-likeness (QED) is 0.388. The number of thioether (sulfide) groups is 1. The molecular weight excluding hydrogens is 408 g/mol. The minimum Gasteiger partial charge on any atom is -0.497 e. The van der Waals surface area contributed by atoms with E-state index in [0.717, 1.165) is 39.7 Å². The fraction of sp³-hybridized carbons (Fsp3) is 0.375. The molecule has 1 aromatic carbocycles. The first-order valence-corrected chi connectivity index (χ1v) is 11.7. The van der Waals surface area contributed by atoms with E-state index in [-0.39, 0.29) is 12.5 Å². The molecule has 2 heterocycles. The lowest BCUT2D eigenvalue weighted by Crippen LogP contribution is -2.29. The predicted molar refractivity (Wildman–Crippen MR) is 124 cm³/mol. The maximum Gasteiger partial charge on any atom is 0.240 e. The summed E-state index contributed by atoms with van der Waals surface area (Å²) in [5.74, 6) is 1.58. The molecule has 1 aliphatic carbocycles. The largest absolute Gasteiger partial charge is 0.497 e. The van der Waals surface area contributed by atoms with E-state index in [1.54, 1.807) is 31.3 Å². The van der Waals surface area contributed by atoms with E-state index in [4.69, 9.17) is 9.72 Å². The van der Waals surface area contributed by atoms with Crippen LogP contribution in [-0.2, 0) is 17.1 Å². The van der Waals surface area contributed by atoms with Crippen LogP contribution in [-0.4, -0.2) is 34.1 Å². The first-order valence-electron chi connectivity index (χ1n) is 10.7. The summed E-state index contributed by atoms with van der Waals surface area (Å²) in [6.07, 6.45) is 11.7. The summed E-state index contributed by atoms with van der Waals surface area (Å²) in [7, 11) is 1.67. The number of hydrogen-bond donors (Lipinski definition) is 1. The van der Waals surface area contributed by atoms with E-state index in [0.29, 0.717) is 6.54 Å². The van der Waals surface area contributed by atoms with Gasteiger partial charge in [0.25, 0.3) is 0 Å². The average Bonchev–Trinajstić information content (AvgIpc) is 3.16. The second-order valence-corrected chi connectivity index (χ2v) is 8.64. The van der Waals surface area contributed by atoms with E-state index in [1.807, 2.05) is 28.8 Å². The number of aromatic nitrogens is 3.